The average Bonchev–Trinajstić information content (AvgIpc) is 3.44. The lowest BCUT2D eigenvalue weighted by atomic mass is 9.95. The molecule has 5 rings (SSSR count). The molecule has 0 atom stereocenters. The summed E-state index contributed by atoms with van der Waals surface area (Å²) < 4.78 is 1.87. The molecular formula is C25H28N6OS. The van der Waals surface area contributed by atoms with Crippen molar-refractivity contribution in [3.63, 3.8) is 0 Å². The Kier molecular flexibility index (Phi) is 6.09. The molecule has 1 aliphatic heterocycles. The van der Waals surface area contributed by atoms with E-state index in [1.165, 1.54) is 15.8 Å². The molecule has 0 unspecified atom stereocenters. The molecule has 0 radical (unpaired) electrons. The van der Waals surface area contributed by atoms with Crippen molar-refractivity contribution < 1.29 is 4.79 Å². The van der Waals surface area contributed by atoms with Gasteiger partial charge in [-0.25, -0.2) is 14.6 Å². The molecule has 1 saturated heterocycles. The van der Waals surface area contributed by atoms with E-state index in [0.29, 0.717) is 6.54 Å². The SMILES string of the molecule is Cc1sc2ncnc(N3CCC(C(=O)NCCc4cnn(-c5ccccc5)c4)CC3)c2c1C. The monoisotopic (exact) mass is 460 g/mol. The molecule has 33 heavy (non-hydrogen) atoms. The van der Waals surface area contributed by atoms with Crippen LogP contribution in [0.25, 0.3) is 15.9 Å². The summed E-state index contributed by atoms with van der Waals surface area (Å²) in [6, 6.07) is 10.0. The Balaban J connectivity index is 1.13. The number of para-hydroxylation sites is 1. The quantitative estimate of drug-likeness (QED) is 0.469. The summed E-state index contributed by atoms with van der Waals surface area (Å²) in [6.45, 7) is 6.57. The van der Waals surface area contributed by atoms with Crippen molar-refractivity contribution in [3.05, 3.63) is 65.1 Å². The number of nitrogens with one attached hydrogen (secondary N) is 1. The Morgan fingerprint density at radius 2 is 1.94 bits per heavy atom. The van der Waals surface area contributed by atoms with Gasteiger partial charge in [0, 0.05) is 36.6 Å². The van der Waals surface area contributed by atoms with Gasteiger partial charge in [-0.2, -0.15) is 5.10 Å². The third-order valence-electron chi connectivity index (χ3n) is 6.48. The predicted molar refractivity (Wildman–Crippen MR) is 132 cm³/mol. The first kappa shape index (κ1) is 21.6. The van der Waals surface area contributed by atoms with Crippen LogP contribution in [0.3, 0.4) is 0 Å². The van der Waals surface area contributed by atoms with Crippen molar-refractivity contribution in [2.45, 2.75) is 33.1 Å². The van der Waals surface area contributed by atoms with Gasteiger partial charge in [0.25, 0.3) is 0 Å². The highest BCUT2D eigenvalue weighted by atomic mass is 32.1. The van der Waals surface area contributed by atoms with Gasteiger partial charge in [-0.1, -0.05) is 18.2 Å². The normalized spacial score (nSPS) is 14.7. The largest absolute Gasteiger partial charge is 0.356 e. The second-order valence-electron chi connectivity index (χ2n) is 8.59. The predicted octanol–water partition coefficient (Wildman–Crippen LogP) is 4.07. The van der Waals surface area contributed by atoms with Gasteiger partial charge in [0.05, 0.1) is 17.3 Å². The molecule has 0 spiro atoms. The molecule has 1 aromatic carbocycles. The van der Waals surface area contributed by atoms with E-state index in [0.717, 1.165) is 54.3 Å². The van der Waals surface area contributed by atoms with Gasteiger partial charge in [0.1, 0.15) is 17.0 Å². The second-order valence-corrected chi connectivity index (χ2v) is 9.79. The minimum atomic E-state index is 0.0518. The van der Waals surface area contributed by atoms with E-state index in [-0.39, 0.29) is 11.8 Å². The fraction of sp³-hybridized carbons (Fsp3) is 0.360. The van der Waals surface area contributed by atoms with Gasteiger partial charge >= 0.3 is 0 Å². The summed E-state index contributed by atoms with van der Waals surface area (Å²) in [5.41, 5.74) is 3.41. The number of anilines is 1. The third kappa shape index (κ3) is 4.48. The van der Waals surface area contributed by atoms with Crippen LogP contribution in [0.15, 0.2) is 49.1 Å². The molecule has 1 aliphatic rings. The summed E-state index contributed by atoms with van der Waals surface area (Å²) in [5, 5.41) is 8.72. The molecule has 0 saturated carbocycles. The number of carbonyl (C=O) groups excluding carboxylic acids is 1. The first-order valence-corrected chi connectivity index (χ1v) is 12.2. The maximum atomic E-state index is 12.8. The standard InChI is InChI=1S/C25H28N6OS/c1-17-18(2)33-25-22(17)23(27-16-28-25)30-12-9-20(10-13-30)24(32)26-11-8-19-14-29-31(15-19)21-6-4-3-5-7-21/h3-7,14-16,20H,8-13H2,1-2H3,(H,26,32). The van der Waals surface area contributed by atoms with Gasteiger partial charge in [-0.3, -0.25) is 4.79 Å². The number of hydrogen-bond donors (Lipinski definition) is 1. The number of hydrogen-bond acceptors (Lipinski definition) is 6. The minimum Gasteiger partial charge on any atom is -0.356 e. The molecule has 1 N–H and O–H groups in total. The summed E-state index contributed by atoms with van der Waals surface area (Å²) in [6.07, 6.45) is 8.00. The molecule has 3 aromatic heterocycles. The van der Waals surface area contributed by atoms with E-state index >= 15 is 0 Å². The number of aromatic nitrogens is 4. The van der Waals surface area contributed by atoms with Gasteiger partial charge in [0.15, 0.2) is 0 Å². The van der Waals surface area contributed by atoms with Crippen molar-refractivity contribution >= 4 is 33.3 Å². The van der Waals surface area contributed by atoms with Crippen LogP contribution in [0.4, 0.5) is 5.82 Å². The molecule has 4 aromatic rings. The molecule has 7 nitrogen and oxygen atoms in total. The number of benzene rings is 1. The Morgan fingerprint density at radius 3 is 2.73 bits per heavy atom. The van der Waals surface area contributed by atoms with Gasteiger partial charge < -0.3 is 10.2 Å². The second kappa shape index (κ2) is 9.31. The number of thiophene rings is 1. The molecule has 4 heterocycles. The fourth-order valence-corrected chi connectivity index (χ4v) is 5.43. The van der Waals surface area contributed by atoms with Gasteiger partial charge in [-0.05, 0) is 56.4 Å². The Morgan fingerprint density at radius 1 is 1.15 bits per heavy atom. The third-order valence-corrected chi connectivity index (χ3v) is 7.60. The number of piperidine rings is 1. The Bertz CT molecular complexity index is 1260. The molecule has 1 fully saturated rings. The highest BCUT2D eigenvalue weighted by Crippen LogP contribution is 2.35. The van der Waals surface area contributed by atoms with Gasteiger partial charge in [-0.15, -0.1) is 11.3 Å². The van der Waals surface area contributed by atoms with Crippen LogP contribution in [0.2, 0.25) is 0 Å². The van der Waals surface area contributed by atoms with E-state index in [4.69, 9.17) is 0 Å². The van der Waals surface area contributed by atoms with Crippen molar-refractivity contribution in [1.82, 2.24) is 25.1 Å². The molecule has 1 amide bonds. The summed E-state index contributed by atoms with van der Waals surface area (Å²) >= 11 is 1.72. The first-order valence-electron chi connectivity index (χ1n) is 11.4. The lowest BCUT2D eigenvalue weighted by Crippen LogP contribution is -2.41. The zero-order chi connectivity index (χ0) is 22.8. The highest BCUT2D eigenvalue weighted by molar-refractivity contribution is 7.18. The number of rotatable bonds is 6. The maximum absolute atomic E-state index is 12.8. The first-order chi connectivity index (χ1) is 16.1. The van der Waals surface area contributed by atoms with E-state index in [1.807, 2.05) is 47.4 Å². The fourth-order valence-electron chi connectivity index (χ4n) is 4.44. The highest BCUT2D eigenvalue weighted by Gasteiger charge is 2.27. The van der Waals surface area contributed by atoms with E-state index < -0.39 is 0 Å². The van der Waals surface area contributed by atoms with Crippen molar-refractivity contribution in [2.75, 3.05) is 24.5 Å². The summed E-state index contributed by atoms with van der Waals surface area (Å²) in [4.78, 5) is 26.4. The topological polar surface area (TPSA) is 75.9 Å². The summed E-state index contributed by atoms with van der Waals surface area (Å²) in [7, 11) is 0. The Hall–Kier alpha value is -3.26. The van der Waals surface area contributed by atoms with Crippen molar-refractivity contribution in [1.29, 1.82) is 0 Å². The lowest BCUT2D eigenvalue weighted by molar-refractivity contribution is -0.125. The number of nitrogens with zero attached hydrogens (tertiary/aromatic N) is 5. The van der Waals surface area contributed by atoms with E-state index in [9.17, 15) is 4.79 Å². The van der Waals surface area contributed by atoms with Crippen LogP contribution >= 0.6 is 11.3 Å². The van der Waals surface area contributed by atoms with Gasteiger partial charge in [0.2, 0.25) is 5.91 Å². The lowest BCUT2D eigenvalue weighted by Gasteiger charge is -2.32. The molecular weight excluding hydrogens is 432 g/mol. The average molecular weight is 461 g/mol. The van der Waals surface area contributed by atoms with Crippen molar-refractivity contribution in [3.8, 4) is 5.69 Å². The number of aryl methyl sites for hydroxylation is 2. The van der Waals surface area contributed by atoms with Crippen molar-refractivity contribution in [2.24, 2.45) is 5.92 Å². The molecule has 0 aliphatic carbocycles. The van der Waals surface area contributed by atoms with Crippen LogP contribution in [0.1, 0.15) is 28.8 Å². The van der Waals surface area contributed by atoms with Crippen LogP contribution in [-0.4, -0.2) is 45.3 Å². The van der Waals surface area contributed by atoms with Crippen LogP contribution < -0.4 is 10.2 Å². The zero-order valence-corrected chi connectivity index (χ0v) is 19.8. The Labute approximate surface area is 197 Å². The zero-order valence-electron chi connectivity index (χ0n) is 19.0. The molecule has 8 heteroatoms. The van der Waals surface area contributed by atoms with Crippen LogP contribution in [-0.2, 0) is 11.2 Å². The number of fused-ring (bicyclic) bond motifs is 1. The summed E-state index contributed by atoms with van der Waals surface area (Å²) in [5.74, 6) is 1.22. The molecule has 0 bridgehead atoms. The van der Waals surface area contributed by atoms with E-state index in [2.05, 4.69) is 39.1 Å². The van der Waals surface area contributed by atoms with Crippen LogP contribution in [0.5, 0.6) is 0 Å². The number of amides is 1. The number of carbonyl (C=O) groups is 1. The van der Waals surface area contributed by atoms with E-state index in [1.54, 1.807) is 17.7 Å². The molecule has 170 valence electrons. The van der Waals surface area contributed by atoms with Crippen LogP contribution in [0, 0.1) is 19.8 Å². The minimum absolute atomic E-state index is 0.0518. The maximum Gasteiger partial charge on any atom is 0.223 e. The smallest absolute Gasteiger partial charge is 0.223 e.